The third kappa shape index (κ3) is 5.46. The molecule has 28 heavy (non-hydrogen) atoms. The molecule has 1 saturated heterocycles. The van der Waals surface area contributed by atoms with Crippen LogP contribution in [0.2, 0.25) is 0 Å². The van der Waals surface area contributed by atoms with E-state index in [1.54, 1.807) is 13.2 Å². The van der Waals surface area contributed by atoms with Gasteiger partial charge in [-0.25, -0.2) is 9.97 Å². The summed E-state index contributed by atoms with van der Waals surface area (Å²) in [5.41, 5.74) is 0.865. The summed E-state index contributed by atoms with van der Waals surface area (Å²) in [6.45, 7) is 7.05. The lowest BCUT2D eigenvalue weighted by Crippen LogP contribution is -3.12. The molecule has 0 atom stereocenters. The standard InChI is InChI=1S/C19H27N5O3S/c1-4-20-18(25)16-6-5-15(27-16)13-28-19-21-14(12-26-3)11-17(22-19)24-9-7-23(2)8-10-24/h5-6,11H,4,7-10,12-13H2,1-3H3,(H,20,25)/p+1. The quantitative estimate of drug-likeness (QED) is 0.490. The van der Waals surface area contributed by atoms with Crippen molar-refractivity contribution in [1.82, 2.24) is 15.3 Å². The summed E-state index contributed by atoms with van der Waals surface area (Å²) in [5, 5.41) is 3.42. The second kappa shape index (κ2) is 9.90. The maximum Gasteiger partial charge on any atom is 0.286 e. The van der Waals surface area contributed by atoms with Crippen LogP contribution < -0.4 is 15.1 Å². The number of piperazine rings is 1. The van der Waals surface area contributed by atoms with Crippen molar-refractivity contribution < 1.29 is 18.8 Å². The zero-order chi connectivity index (χ0) is 19.9. The number of amides is 1. The van der Waals surface area contributed by atoms with Crippen LogP contribution in [-0.2, 0) is 17.1 Å². The Labute approximate surface area is 169 Å². The second-order valence-electron chi connectivity index (χ2n) is 6.79. The molecule has 0 aliphatic carbocycles. The fourth-order valence-electron chi connectivity index (χ4n) is 2.99. The van der Waals surface area contributed by atoms with Crippen molar-refractivity contribution in [2.24, 2.45) is 0 Å². The van der Waals surface area contributed by atoms with E-state index in [1.165, 1.54) is 16.7 Å². The number of aromatic nitrogens is 2. The van der Waals surface area contributed by atoms with E-state index in [4.69, 9.17) is 14.1 Å². The fraction of sp³-hybridized carbons (Fsp3) is 0.526. The Morgan fingerprint density at radius 2 is 2.14 bits per heavy atom. The summed E-state index contributed by atoms with van der Waals surface area (Å²) in [5.74, 6) is 2.35. The summed E-state index contributed by atoms with van der Waals surface area (Å²) in [7, 11) is 3.88. The number of nitrogens with zero attached hydrogens (tertiary/aromatic N) is 3. The second-order valence-corrected chi connectivity index (χ2v) is 7.73. The number of nitrogens with one attached hydrogen (secondary N) is 2. The third-order valence-corrected chi connectivity index (χ3v) is 5.41. The van der Waals surface area contributed by atoms with E-state index < -0.39 is 0 Å². The van der Waals surface area contributed by atoms with Gasteiger partial charge in [0.1, 0.15) is 11.6 Å². The highest BCUT2D eigenvalue weighted by Gasteiger charge is 2.20. The Morgan fingerprint density at radius 1 is 1.36 bits per heavy atom. The maximum atomic E-state index is 11.8. The van der Waals surface area contributed by atoms with Gasteiger partial charge in [0.2, 0.25) is 0 Å². The maximum absolute atomic E-state index is 11.8. The van der Waals surface area contributed by atoms with Crippen molar-refractivity contribution in [3.05, 3.63) is 35.4 Å². The van der Waals surface area contributed by atoms with E-state index in [0.29, 0.717) is 29.8 Å². The smallest absolute Gasteiger partial charge is 0.286 e. The van der Waals surface area contributed by atoms with Crippen LogP contribution in [0.1, 0.15) is 28.9 Å². The van der Waals surface area contributed by atoms with Gasteiger partial charge in [0.15, 0.2) is 10.9 Å². The summed E-state index contributed by atoms with van der Waals surface area (Å²) in [4.78, 5) is 25.0. The molecule has 0 radical (unpaired) electrons. The summed E-state index contributed by atoms with van der Waals surface area (Å²) in [6.07, 6.45) is 0. The van der Waals surface area contributed by atoms with Crippen LogP contribution in [-0.4, -0.2) is 62.8 Å². The van der Waals surface area contributed by atoms with E-state index in [-0.39, 0.29) is 5.91 Å². The molecule has 0 unspecified atom stereocenters. The summed E-state index contributed by atoms with van der Waals surface area (Å²) < 4.78 is 10.9. The van der Waals surface area contributed by atoms with Crippen LogP contribution in [0.4, 0.5) is 5.82 Å². The molecule has 152 valence electrons. The predicted molar refractivity (Wildman–Crippen MR) is 108 cm³/mol. The molecular weight excluding hydrogens is 378 g/mol. The topological polar surface area (TPSA) is 84.9 Å². The van der Waals surface area contributed by atoms with Crippen molar-refractivity contribution in [2.75, 3.05) is 51.8 Å². The van der Waals surface area contributed by atoms with E-state index in [0.717, 1.165) is 43.5 Å². The first kappa shape index (κ1) is 20.6. The van der Waals surface area contributed by atoms with Gasteiger partial charge in [-0.3, -0.25) is 4.79 Å². The predicted octanol–water partition coefficient (Wildman–Crippen LogP) is 0.593. The molecule has 1 amide bonds. The van der Waals surface area contributed by atoms with Gasteiger partial charge >= 0.3 is 0 Å². The largest absolute Gasteiger partial charge is 0.455 e. The minimum absolute atomic E-state index is 0.198. The number of carbonyl (C=O) groups excluding carboxylic acids is 1. The van der Waals surface area contributed by atoms with E-state index >= 15 is 0 Å². The average Bonchev–Trinajstić information content (AvgIpc) is 3.16. The highest BCUT2D eigenvalue weighted by Crippen LogP contribution is 2.24. The minimum atomic E-state index is -0.198. The van der Waals surface area contributed by atoms with E-state index in [2.05, 4.69) is 22.2 Å². The lowest BCUT2D eigenvalue weighted by Gasteiger charge is -2.31. The molecule has 0 aromatic carbocycles. The number of hydrogen-bond acceptors (Lipinski definition) is 7. The van der Waals surface area contributed by atoms with Crippen molar-refractivity contribution >= 4 is 23.5 Å². The van der Waals surface area contributed by atoms with E-state index in [1.807, 2.05) is 19.1 Å². The van der Waals surface area contributed by atoms with Gasteiger partial charge in [-0.2, -0.15) is 0 Å². The molecule has 1 aliphatic heterocycles. The monoisotopic (exact) mass is 406 g/mol. The van der Waals surface area contributed by atoms with Crippen LogP contribution in [0.3, 0.4) is 0 Å². The Bertz CT molecular complexity index is 790. The van der Waals surface area contributed by atoms with Crippen molar-refractivity contribution in [1.29, 1.82) is 0 Å². The Hall–Kier alpha value is -2.10. The molecule has 2 aromatic heterocycles. The van der Waals surface area contributed by atoms with Gasteiger partial charge in [0.25, 0.3) is 5.91 Å². The van der Waals surface area contributed by atoms with Crippen LogP contribution in [0.15, 0.2) is 27.8 Å². The molecule has 0 bridgehead atoms. The lowest BCUT2D eigenvalue weighted by atomic mass is 10.3. The summed E-state index contributed by atoms with van der Waals surface area (Å²) in [6, 6.07) is 5.52. The zero-order valence-electron chi connectivity index (χ0n) is 16.7. The molecule has 8 nitrogen and oxygen atoms in total. The molecule has 0 saturated carbocycles. The summed E-state index contributed by atoms with van der Waals surface area (Å²) >= 11 is 1.50. The zero-order valence-corrected chi connectivity index (χ0v) is 17.5. The number of anilines is 1. The lowest BCUT2D eigenvalue weighted by molar-refractivity contribution is -0.880. The highest BCUT2D eigenvalue weighted by molar-refractivity contribution is 7.98. The SMILES string of the molecule is CCNC(=O)c1ccc(CSc2nc(COC)cc(N3CC[NH+](C)CC3)n2)o1. The number of ether oxygens (including phenoxy) is 1. The Morgan fingerprint density at radius 3 is 2.86 bits per heavy atom. The van der Waals surface area contributed by atoms with Crippen molar-refractivity contribution in [2.45, 2.75) is 24.4 Å². The number of thioether (sulfide) groups is 1. The number of likely N-dealkylation sites (N-methyl/N-ethyl adjacent to an activating group) is 1. The first-order valence-corrected chi connectivity index (χ1v) is 10.5. The normalized spacial score (nSPS) is 15.0. The molecule has 3 heterocycles. The average molecular weight is 407 g/mol. The molecule has 0 spiro atoms. The number of quaternary nitrogens is 1. The number of carbonyl (C=O) groups is 1. The van der Waals surface area contributed by atoms with E-state index in [9.17, 15) is 4.79 Å². The van der Waals surface area contributed by atoms with Gasteiger partial charge in [-0.15, -0.1) is 0 Å². The molecule has 1 fully saturated rings. The van der Waals surface area contributed by atoms with Gasteiger partial charge in [0, 0.05) is 19.7 Å². The Balaban J connectivity index is 1.69. The Kier molecular flexibility index (Phi) is 7.30. The number of methoxy groups -OCH3 is 1. The van der Waals surface area contributed by atoms with Gasteiger partial charge in [-0.1, -0.05) is 11.8 Å². The first-order chi connectivity index (χ1) is 13.6. The molecule has 9 heteroatoms. The number of hydrogen-bond donors (Lipinski definition) is 2. The van der Waals surface area contributed by atoms with Gasteiger partial charge in [0.05, 0.1) is 51.3 Å². The molecule has 3 rings (SSSR count). The van der Waals surface area contributed by atoms with Crippen LogP contribution in [0, 0.1) is 0 Å². The van der Waals surface area contributed by atoms with Crippen LogP contribution in [0.25, 0.3) is 0 Å². The van der Waals surface area contributed by atoms with Crippen molar-refractivity contribution in [3.63, 3.8) is 0 Å². The van der Waals surface area contributed by atoms with Crippen LogP contribution >= 0.6 is 11.8 Å². The molecule has 2 aromatic rings. The van der Waals surface area contributed by atoms with Crippen LogP contribution in [0.5, 0.6) is 0 Å². The first-order valence-electron chi connectivity index (χ1n) is 9.52. The number of furan rings is 1. The fourth-order valence-corrected chi connectivity index (χ4v) is 3.75. The highest BCUT2D eigenvalue weighted by atomic mass is 32.2. The van der Waals surface area contributed by atoms with Gasteiger partial charge in [-0.05, 0) is 19.1 Å². The van der Waals surface area contributed by atoms with Crippen molar-refractivity contribution in [3.8, 4) is 0 Å². The van der Waals surface area contributed by atoms with Gasteiger partial charge < -0.3 is 24.3 Å². The third-order valence-electron chi connectivity index (χ3n) is 4.54. The number of rotatable bonds is 8. The molecular formula is C19H28N5O3S+. The molecule has 1 aliphatic rings. The molecule has 2 N–H and O–H groups in total. The minimum Gasteiger partial charge on any atom is -0.455 e.